The lowest BCUT2D eigenvalue weighted by molar-refractivity contribution is 0.181. The fourth-order valence-electron chi connectivity index (χ4n) is 4.06. The highest BCUT2D eigenvalue weighted by atomic mass is 15.2. The third-order valence-corrected chi connectivity index (χ3v) is 5.41. The second-order valence-electron chi connectivity index (χ2n) is 7.05. The number of piperidine rings is 1. The molecular formula is C20H21N7. The fraction of sp³-hybridized carbons (Fsp3) is 0.300. The number of rotatable bonds is 3. The number of nitrogens with one attached hydrogen (secondary N) is 1. The molecule has 0 atom stereocenters. The summed E-state index contributed by atoms with van der Waals surface area (Å²) in [6.07, 6.45) is 9.61. The van der Waals surface area contributed by atoms with Crippen molar-refractivity contribution in [2.45, 2.75) is 25.4 Å². The Hall–Kier alpha value is -3.24. The predicted octanol–water partition coefficient (Wildman–Crippen LogP) is 3.26. The van der Waals surface area contributed by atoms with E-state index < -0.39 is 0 Å². The summed E-state index contributed by atoms with van der Waals surface area (Å²) in [5.41, 5.74) is 4.66. The second kappa shape index (κ2) is 6.49. The highest BCUT2D eigenvalue weighted by Crippen LogP contribution is 2.30. The van der Waals surface area contributed by atoms with E-state index in [9.17, 15) is 0 Å². The average Bonchev–Trinajstić information content (AvgIpc) is 3.35. The van der Waals surface area contributed by atoms with Crippen molar-refractivity contribution in [3.8, 4) is 6.07 Å². The molecule has 1 aliphatic rings. The van der Waals surface area contributed by atoms with Gasteiger partial charge in [-0.1, -0.05) is 0 Å². The topological polar surface area (TPSA) is 86.4 Å². The zero-order valence-corrected chi connectivity index (χ0v) is 14.8. The van der Waals surface area contributed by atoms with Crippen LogP contribution in [0.2, 0.25) is 0 Å². The molecule has 0 aliphatic carbocycles. The van der Waals surface area contributed by atoms with Crippen LogP contribution in [-0.4, -0.2) is 42.5 Å². The number of imidazole rings is 1. The zero-order valence-electron chi connectivity index (χ0n) is 14.8. The van der Waals surface area contributed by atoms with Gasteiger partial charge in [-0.15, -0.1) is 0 Å². The van der Waals surface area contributed by atoms with Crippen LogP contribution in [0.25, 0.3) is 22.1 Å². The number of aromatic nitrogens is 5. The van der Waals surface area contributed by atoms with E-state index in [1.807, 2.05) is 30.9 Å². The predicted molar refractivity (Wildman–Crippen MR) is 104 cm³/mol. The van der Waals surface area contributed by atoms with E-state index >= 15 is 0 Å². The zero-order chi connectivity index (χ0) is 18.2. The Bertz CT molecular complexity index is 1150. The second-order valence-corrected chi connectivity index (χ2v) is 7.05. The molecule has 0 saturated carbocycles. The summed E-state index contributed by atoms with van der Waals surface area (Å²) in [4.78, 5) is 18.7. The van der Waals surface area contributed by atoms with Crippen molar-refractivity contribution in [3.05, 3.63) is 54.4 Å². The van der Waals surface area contributed by atoms with Crippen LogP contribution < -0.4 is 0 Å². The first kappa shape index (κ1) is 16.0. The maximum absolute atomic E-state index is 9.01. The van der Waals surface area contributed by atoms with Crippen LogP contribution in [-0.2, 0) is 6.54 Å². The number of nitrogens with zero attached hydrogens (tertiary/aromatic N) is 6. The van der Waals surface area contributed by atoms with Crippen LogP contribution in [0, 0.1) is 11.3 Å². The third kappa shape index (κ3) is 2.84. The van der Waals surface area contributed by atoms with Gasteiger partial charge < -0.3 is 9.55 Å². The van der Waals surface area contributed by atoms with Gasteiger partial charge in [-0.25, -0.2) is 15.0 Å². The fourth-order valence-corrected chi connectivity index (χ4v) is 4.06. The van der Waals surface area contributed by atoms with Gasteiger partial charge in [-0.2, -0.15) is 5.26 Å². The summed E-state index contributed by atoms with van der Waals surface area (Å²) in [6, 6.07) is 8.51. The van der Waals surface area contributed by atoms with Gasteiger partial charge in [-0.3, -0.25) is 4.90 Å². The molecule has 4 aromatic rings. The van der Waals surface area contributed by atoms with E-state index in [0.717, 1.165) is 54.6 Å². The summed E-state index contributed by atoms with van der Waals surface area (Å²) >= 11 is 0. The Morgan fingerprint density at radius 2 is 2.11 bits per heavy atom. The van der Waals surface area contributed by atoms with Crippen LogP contribution in [0.5, 0.6) is 0 Å². The summed E-state index contributed by atoms with van der Waals surface area (Å²) < 4.78 is 2.32. The maximum Gasteiger partial charge on any atom is 0.140 e. The molecule has 1 saturated heterocycles. The van der Waals surface area contributed by atoms with E-state index in [4.69, 9.17) is 5.26 Å². The van der Waals surface area contributed by atoms with Gasteiger partial charge in [0.15, 0.2) is 0 Å². The number of nitriles is 1. The molecule has 0 radical (unpaired) electrons. The van der Waals surface area contributed by atoms with E-state index in [1.165, 1.54) is 5.52 Å². The van der Waals surface area contributed by atoms with Gasteiger partial charge >= 0.3 is 0 Å². The van der Waals surface area contributed by atoms with Crippen LogP contribution >= 0.6 is 0 Å². The highest BCUT2D eigenvalue weighted by molar-refractivity contribution is 6.00. The molecule has 5 rings (SSSR count). The van der Waals surface area contributed by atoms with Crippen molar-refractivity contribution in [2.24, 2.45) is 0 Å². The van der Waals surface area contributed by atoms with E-state index in [1.54, 1.807) is 6.20 Å². The third-order valence-electron chi connectivity index (χ3n) is 5.41. The minimum atomic E-state index is 0. The molecule has 4 aromatic heterocycles. The van der Waals surface area contributed by atoms with E-state index in [2.05, 4.69) is 41.5 Å². The number of hydrogen-bond donors (Lipinski definition) is 1. The molecule has 0 bridgehead atoms. The molecule has 136 valence electrons. The lowest BCUT2D eigenvalue weighted by Crippen LogP contribution is -2.34. The first-order valence-corrected chi connectivity index (χ1v) is 9.18. The van der Waals surface area contributed by atoms with Gasteiger partial charge in [0, 0.05) is 44.9 Å². The monoisotopic (exact) mass is 359 g/mol. The summed E-state index contributed by atoms with van der Waals surface area (Å²) in [6.45, 7) is 2.91. The lowest BCUT2D eigenvalue weighted by atomic mass is 10.0. The van der Waals surface area contributed by atoms with Crippen molar-refractivity contribution in [2.75, 3.05) is 13.1 Å². The minimum absolute atomic E-state index is 0. The van der Waals surface area contributed by atoms with Gasteiger partial charge in [0.25, 0.3) is 0 Å². The summed E-state index contributed by atoms with van der Waals surface area (Å²) in [5, 5.41) is 10.1. The molecule has 7 nitrogen and oxygen atoms in total. The standard InChI is InChI=1S/C20H19N7.H2/c21-10-15-9-14(1-5-22-15)12-26-7-3-16(4-8-26)27-13-25-18-11-24-20-17(19(18)27)2-6-23-20;/h1-2,5-6,9,11,13,16H,3-4,7-8,12H2,(H,23,24);1H. The van der Waals surface area contributed by atoms with E-state index in [-0.39, 0.29) is 1.43 Å². The molecule has 0 amide bonds. The molecule has 5 heterocycles. The quantitative estimate of drug-likeness (QED) is 0.607. The molecule has 7 heteroatoms. The molecular weight excluding hydrogens is 338 g/mol. The molecule has 27 heavy (non-hydrogen) atoms. The number of H-pyrrole nitrogens is 1. The van der Waals surface area contributed by atoms with Crippen molar-refractivity contribution in [1.82, 2.24) is 29.4 Å². The molecule has 0 spiro atoms. The van der Waals surface area contributed by atoms with Crippen LogP contribution in [0.15, 0.2) is 43.1 Å². The Balaban J connectivity index is 0.00000192. The number of fused-ring (bicyclic) bond motifs is 3. The minimum Gasteiger partial charge on any atom is -0.346 e. The van der Waals surface area contributed by atoms with Gasteiger partial charge in [0.1, 0.15) is 22.9 Å². The summed E-state index contributed by atoms with van der Waals surface area (Å²) in [5.74, 6) is 0. The SMILES string of the molecule is N#Cc1cc(CN2CCC(n3cnc4cnc5[nH]ccc5c43)CC2)ccn1.[HH]. The average molecular weight is 359 g/mol. The summed E-state index contributed by atoms with van der Waals surface area (Å²) in [7, 11) is 0. The Morgan fingerprint density at radius 1 is 1.22 bits per heavy atom. The lowest BCUT2D eigenvalue weighted by Gasteiger charge is -2.33. The van der Waals surface area contributed by atoms with Crippen molar-refractivity contribution in [1.29, 1.82) is 5.26 Å². The molecule has 1 N–H and O–H groups in total. The first-order valence-electron chi connectivity index (χ1n) is 9.18. The van der Waals surface area contributed by atoms with Crippen molar-refractivity contribution >= 4 is 22.1 Å². The number of hydrogen-bond acceptors (Lipinski definition) is 5. The highest BCUT2D eigenvalue weighted by Gasteiger charge is 2.23. The Labute approximate surface area is 157 Å². The molecule has 1 fully saturated rings. The first-order chi connectivity index (χ1) is 13.3. The van der Waals surface area contributed by atoms with Gasteiger partial charge in [-0.05, 0) is 36.6 Å². The van der Waals surface area contributed by atoms with Crippen LogP contribution in [0.1, 0.15) is 31.6 Å². The Morgan fingerprint density at radius 3 is 2.96 bits per heavy atom. The molecule has 0 aromatic carbocycles. The normalized spacial score (nSPS) is 16.1. The number of likely N-dealkylation sites (tertiary alicyclic amines) is 1. The molecule has 1 aliphatic heterocycles. The number of aromatic amines is 1. The van der Waals surface area contributed by atoms with Crippen molar-refractivity contribution < 1.29 is 1.43 Å². The van der Waals surface area contributed by atoms with Gasteiger partial charge in [0.05, 0.1) is 18.0 Å². The van der Waals surface area contributed by atoms with Crippen molar-refractivity contribution in [3.63, 3.8) is 0 Å². The van der Waals surface area contributed by atoms with E-state index in [0.29, 0.717) is 11.7 Å². The van der Waals surface area contributed by atoms with Crippen LogP contribution in [0.3, 0.4) is 0 Å². The number of pyridine rings is 2. The smallest absolute Gasteiger partial charge is 0.140 e. The Kier molecular flexibility index (Phi) is 3.84. The molecule has 0 unspecified atom stereocenters. The van der Waals surface area contributed by atoms with Crippen LogP contribution in [0.4, 0.5) is 0 Å². The maximum atomic E-state index is 9.01. The van der Waals surface area contributed by atoms with Gasteiger partial charge in [0.2, 0.25) is 0 Å². The largest absolute Gasteiger partial charge is 0.346 e.